The molecule has 3 heteroatoms. The molecule has 0 N–H and O–H groups in total. The van der Waals surface area contributed by atoms with Crippen LogP contribution in [-0.2, 0) is 0 Å². The molecule has 0 spiro atoms. The summed E-state index contributed by atoms with van der Waals surface area (Å²) in [6.07, 6.45) is 0. The predicted molar refractivity (Wildman–Crippen MR) is 200 cm³/mol. The Hall–Kier alpha value is -6.45. The number of hydrogen-bond acceptors (Lipinski definition) is 3. The summed E-state index contributed by atoms with van der Waals surface area (Å²) in [6, 6.07) is 61.6. The number of rotatable bonds is 5. The normalized spacial score (nSPS) is 11.3. The summed E-state index contributed by atoms with van der Waals surface area (Å²) in [7, 11) is 0. The first-order chi connectivity index (χ1) is 23.8. The first kappa shape index (κ1) is 27.8. The van der Waals surface area contributed by atoms with Gasteiger partial charge in [-0.05, 0) is 67.4 Å². The van der Waals surface area contributed by atoms with Gasteiger partial charge < -0.3 is 0 Å². The SMILES string of the molecule is c1ccc(-c2cccc(-c3nc(-c4ccccc4)nc(-c4cc(-c5ccccc5)cc5c6ccccc6c6ccccc6c45)n3)c2)cc1. The highest BCUT2D eigenvalue weighted by Gasteiger charge is 2.19. The third-order valence-electron chi connectivity index (χ3n) is 9.09. The molecule has 0 radical (unpaired) electrons. The van der Waals surface area contributed by atoms with Gasteiger partial charge in [0, 0.05) is 22.1 Å². The molecule has 0 atom stereocenters. The van der Waals surface area contributed by atoms with Crippen molar-refractivity contribution in [3.63, 3.8) is 0 Å². The van der Waals surface area contributed by atoms with Crippen molar-refractivity contribution in [2.75, 3.05) is 0 Å². The van der Waals surface area contributed by atoms with Gasteiger partial charge in [0.05, 0.1) is 0 Å². The molecule has 0 bridgehead atoms. The van der Waals surface area contributed by atoms with E-state index in [0.717, 1.165) is 44.3 Å². The summed E-state index contributed by atoms with van der Waals surface area (Å²) in [5.41, 5.74) is 7.39. The van der Waals surface area contributed by atoms with Gasteiger partial charge in [0.1, 0.15) is 0 Å². The highest BCUT2D eigenvalue weighted by atomic mass is 15.0. The van der Waals surface area contributed by atoms with E-state index in [4.69, 9.17) is 15.0 Å². The van der Waals surface area contributed by atoms with Crippen LogP contribution < -0.4 is 0 Å². The van der Waals surface area contributed by atoms with Crippen molar-refractivity contribution in [2.45, 2.75) is 0 Å². The van der Waals surface area contributed by atoms with Gasteiger partial charge in [-0.3, -0.25) is 0 Å². The van der Waals surface area contributed by atoms with Gasteiger partial charge in [0.15, 0.2) is 17.5 Å². The van der Waals surface area contributed by atoms with E-state index in [0.29, 0.717) is 17.5 Å². The number of benzene rings is 8. The lowest BCUT2D eigenvalue weighted by Gasteiger charge is -2.17. The summed E-state index contributed by atoms with van der Waals surface area (Å²) in [6.45, 7) is 0. The van der Waals surface area contributed by atoms with Crippen LogP contribution in [0.1, 0.15) is 0 Å². The predicted octanol–water partition coefficient (Wildman–Crippen LogP) is 11.7. The Morgan fingerprint density at radius 3 is 1.33 bits per heavy atom. The molecule has 0 unspecified atom stereocenters. The van der Waals surface area contributed by atoms with Gasteiger partial charge in [0.2, 0.25) is 0 Å². The molecule has 0 saturated carbocycles. The van der Waals surface area contributed by atoms with Crippen LogP contribution in [0.4, 0.5) is 0 Å². The topological polar surface area (TPSA) is 38.7 Å². The second kappa shape index (κ2) is 11.7. The second-order valence-electron chi connectivity index (χ2n) is 12.0. The zero-order chi connectivity index (χ0) is 31.9. The molecule has 9 rings (SSSR count). The summed E-state index contributed by atoms with van der Waals surface area (Å²) >= 11 is 0. The monoisotopic (exact) mass is 611 g/mol. The van der Waals surface area contributed by atoms with E-state index in [-0.39, 0.29) is 0 Å². The van der Waals surface area contributed by atoms with Crippen molar-refractivity contribution in [1.82, 2.24) is 15.0 Å². The quantitative estimate of drug-likeness (QED) is 0.182. The zero-order valence-electron chi connectivity index (χ0n) is 26.1. The average Bonchev–Trinajstić information content (AvgIpc) is 3.18. The molecule has 1 heterocycles. The van der Waals surface area contributed by atoms with E-state index in [9.17, 15) is 0 Å². The number of hydrogen-bond donors (Lipinski definition) is 0. The lowest BCUT2D eigenvalue weighted by Crippen LogP contribution is -2.01. The molecule has 48 heavy (non-hydrogen) atoms. The van der Waals surface area contributed by atoms with Crippen molar-refractivity contribution in [3.05, 3.63) is 176 Å². The molecule has 3 nitrogen and oxygen atoms in total. The van der Waals surface area contributed by atoms with Gasteiger partial charge in [-0.2, -0.15) is 0 Å². The minimum absolute atomic E-state index is 0.639. The highest BCUT2D eigenvalue weighted by Crippen LogP contribution is 2.42. The molecule has 224 valence electrons. The number of nitrogens with zero attached hydrogens (tertiary/aromatic N) is 3. The van der Waals surface area contributed by atoms with E-state index in [1.165, 1.54) is 26.9 Å². The Balaban J connectivity index is 1.38. The summed E-state index contributed by atoms with van der Waals surface area (Å²) in [5, 5.41) is 7.14. The Kier molecular flexibility index (Phi) is 6.80. The van der Waals surface area contributed by atoms with Gasteiger partial charge in [-0.1, -0.05) is 158 Å². The summed E-state index contributed by atoms with van der Waals surface area (Å²) in [4.78, 5) is 15.6. The van der Waals surface area contributed by atoms with Crippen molar-refractivity contribution >= 4 is 32.3 Å². The first-order valence-corrected chi connectivity index (χ1v) is 16.2. The van der Waals surface area contributed by atoms with Gasteiger partial charge >= 0.3 is 0 Å². The maximum absolute atomic E-state index is 5.28. The second-order valence-corrected chi connectivity index (χ2v) is 12.0. The Morgan fingerprint density at radius 1 is 0.250 bits per heavy atom. The third kappa shape index (κ3) is 4.90. The van der Waals surface area contributed by atoms with E-state index >= 15 is 0 Å². The standard InChI is InChI=1S/C45H29N3/c1-4-15-30(16-5-1)33-21-14-22-34(27-33)44-46-43(32-19-8-3-9-20-32)47-45(48-44)41-29-35(31-17-6-2-7-18-31)28-40-38-25-11-10-23-36(38)37-24-12-13-26-39(37)42(40)41/h1-29H. The maximum Gasteiger partial charge on any atom is 0.164 e. The number of fused-ring (bicyclic) bond motifs is 6. The van der Waals surface area contributed by atoms with E-state index in [1.807, 2.05) is 24.3 Å². The largest absolute Gasteiger partial charge is 0.208 e. The van der Waals surface area contributed by atoms with Crippen LogP contribution in [0.5, 0.6) is 0 Å². The Morgan fingerprint density at radius 2 is 0.688 bits per heavy atom. The molecular weight excluding hydrogens is 583 g/mol. The lowest BCUT2D eigenvalue weighted by molar-refractivity contribution is 1.08. The molecule has 9 aromatic rings. The third-order valence-corrected chi connectivity index (χ3v) is 9.09. The van der Waals surface area contributed by atoms with Crippen LogP contribution in [0.15, 0.2) is 176 Å². The van der Waals surface area contributed by atoms with Crippen molar-refractivity contribution in [1.29, 1.82) is 0 Å². The van der Waals surface area contributed by atoms with Crippen LogP contribution in [-0.4, -0.2) is 15.0 Å². The fourth-order valence-electron chi connectivity index (χ4n) is 6.82. The van der Waals surface area contributed by atoms with Gasteiger partial charge in [-0.25, -0.2) is 15.0 Å². The van der Waals surface area contributed by atoms with Crippen molar-refractivity contribution in [2.24, 2.45) is 0 Å². The van der Waals surface area contributed by atoms with Gasteiger partial charge in [0.25, 0.3) is 0 Å². The van der Waals surface area contributed by atoms with Crippen molar-refractivity contribution < 1.29 is 0 Å². The molecule has 0 fully saturated rings. The fraction of sp³-hybridized carbons (Fsp3) is 0. The Labute approximate surface area is 278 Å². The molecule has 8 aromatic carbocycles. The minimum Gasteiger partial charge on any atom is -0.208 e. The van der Waals surface area contributed by atoms with Crippen LogP contribution in [0.25, 0.3) is 88.7 Å². The lowest BCUT2D eigenvalue weighted by atomic mass is 9.88. The van der Waals surface area contributed by atoms with Gasteiger partial charge in [-0.15, -0.1) is 0 Å². The fourth-order valence-corrected chi connectivity index (χ4v) is 6.82. The average molecular weight is 612 g/mol. The summed E-state index contributed by atoms with van der Waals surface area (Å²) in [5.74, 6) is 1.93. The van der Waals surface area contributed by atoms with E-state index in [2.05, 4.69) is 152 Å². The Bertz CT molecular complexity index is 2600. The molecule has 0 saturated heterocycles. The molecule has 0 amide bonds. The number of aromatic nitrogens is 3. The first-order valence-electron chi connectivity index (χ1n) is 16.2. The van der Waals surface area contributed by atoms with Crippen LogP contribution in [0, 0.1) is 0 Å². The minimum atomic E-state index is 0.639. The highest BCUT2D eigenvalue weighted by molar-refractivity contribution is 6.28. The van der Waals surface area contributed by atoms with Crippen molar-refractivity contribution in [3.8, 4) is 56.4 Å². The van der Waals surface area contributed by atoms with E-state index in [1.54, 1.807) is 0 Å². The molecule has 0 aliphatic rings. The zero-order valence-corrected chi connectivity index (χ0v) is 26.1. The summed E-state index contributed by atoms with van der Waals surface area (Å²) < 4.78 is 0. The molecule has 0 aliphatic carbocycles. The van der Waals surface area contributed by atoms with Crippen LogP contribution in [0.3, 0.4) is 0 Å². The molecule has 1 aromatic heterocycles. The van der Waals surface area contributed by atoms with Crippen LogP contribution in [0.2, 0.25) is 0 Å². The van der Waals surface area contributed by atoms with Crippen LogP contribution >= 0.6 is 0 Å². The molecular formula is C45H29N3. The molecule has 0 aliphatic heterocycles. The smallest absolute Gasteiger partial charge is 0.164 e. The maximum atomic E-state index is 5.28. The van der Waals surface area contributed by atoms with E-state index < -0.39 is 0 Å².